The van der Waals surface area contributed by atoms with Gasteiger partial charge in [0.25, 0.3) is 0 Å². The number of amides is 1. The quantitative estimate of drug-likeness (QED) is 0.697. The minimum Gasteiger partial charge on any atom is -0.350 e. The summed E-state index contributed by atoms with van der Waals surface area (Å²) in [5, 5.41) is 12.9. The first-order valence-electron chi connectivity index (χ1n) is 7.64. The van der Waals surface area contributed by atoms with Gasteiger partial charge < -0.3 is 11.1 Å². The molecular formula is C16H22N4OS. The first-order chi connectivity index (χ1) is 10.8. The van der Waals surface area contributed by atoms with Crippen molar-refractivity contribution in [2.45, 2.75) is 38.6 Å². The highest BCUT2D eigenvalue weighted by atomic mass is 32.1. The van der Waals surface area contributed by atoms with Crippen LogP contribution >= 0.6 is 11.3 Å². The standard InChI is InChI=1S/C16H22N4OS/c17-11-7-2-1-6-10-14(21)18-12-15-19-20-16(22-15)13-8-4-3-5-9-13/h3-5,8-9H,1-2,6-7,10-12,17H2,(H,18,21). The Hall–Kier alpha value is -1.79. The van der Waals surface area contributed by atoms with Crippen molar-refractivity contribution >= 4 is 17.2 Å². The number of hydrogen-bond donors (Lipinski definition) is 2. The molecule has 0 spiro atoms. The van der Waals surface area contributed by atoms with Crippen molar-refractivity contribution in [2.24, 2.45) is 5.73 Å². The predicted octanol–water partition coefficient (Wildman–Crippen LogP) is 2.73. The van der Waals surface area contributed by atoms with E-state index >= 15 is 0 Å². The Bertz CT molecular complexity index is 571. The highest BCUT2D eigenvalue weighted by Crippen LogP contribution is 2.22. The third-order valence-corrected chi connectivity index (χ3v) is 4.25. The SMILES string of the molecule is NCCCCCCC(=O)NCc1nnc(-c2ccccc2)s1. The van der Waals surface area contributed by atoms with Crippen LogP contribution in [-0.2, 0) is 11.3 Å². The number of aromatic nitrogens is 2. The second kappa shape index (κ2) is 9.27. The van der Waals surface area contributed by atoms with Crippen LogP contribution in [0.4, 0.5) is 0 Å². The average Bonchev–Trinajstić information content (AvgIpc) is 3.02. The van der Waals surface area contributed by atoms with Crippen molar-refractivity contribution in [3.05, 3.63) is 35.3 Å². The fourth-order valence-electron chi connectivity index (χ4n) is 2.07. The van der Waals surface area contributed by atoms with Gasteiger partial charge in [0, 0.05) is 12.0 Å². The topological polar surface area (TPSA) is 80.9 Å². The molecule has 118 valence electrons. The molecule has 0 radical (unpaired) electrons. The van der Waals surface area contributed by atoms with Gasteiger partial charge in [0.05, 0.1) is 6.54 Å². The van der Waals surface area contributed by atoms with Gasteiger partial charge in [0.1, 0.15) is 10.0 Å². The lowest BCUT2D eigenvalue weighted by molar-refractivity contribution is -0.121. The van der Waals surface area contributed by atoms with Crippen molar-refractivity contribution in [2.75, 3.05) is 6.54 Å². The highest BCUT2D eigenvalue weighted by Gasteiger charge is 2.07. The lowest BCUT2D eigenvalue weighted by atomic mass is 10.1. The Morgan fingerprint density at radius 2 is 1.86 bits per heavy atom. The number of nitrogens with zero attached hydrogens (tertiary/aromatic N) is 2. The van der Waals surface area contributed by atoms with Gasteiger partial charge in [0.15, 0.2) is 0 Å². The predicted molar refractivity (Wildman–Crippen MR) is 89.3 cm³/mol. The number of hydrogen-bond acceptors (Lipinski definition) is 5. The summed E-state index contributed by atoms with van der Waals surface area (Å²) in [6.07, 6.45) is 4.67. The molecule has 6 heteroatoms. The van der Waals surface area contributed by atoms with Crippen LogP contribution in [-0.4, -0.2) is 22.6 Å². The van der Waals surface area contributed by atoms with Crippen molar-refractivity contribution in [3.63, 3.8) is 0 Å². The largest absolute Gasteiger partial charge is 0.350 e. The van der Waals surface area contributed by atoms with E-state index in [9.17, 15) is 4.79 Å². The van der Waals surface area contributed by atoms with E-state index in [0.717, 1.165) is 47.8 Å². The maximum atomic E-state index is 11.7. The molecule has 0 fully saturated rings. The minimum absolute atomic E-state index is 0.0733. The van der Waals surface area contributed by atoms with E-state index in [2.05, 4.69) is 15.5 Å². The number of rotatable bonds is 9. The molecule has 5 nitrogen and oxygen atoms in total. The molecule has 0 atom stereocenters. The molecule has 1 aromatic heterocycles. The Morgan fingerprint density at radius 3 is 2.64 bits per heavy atom. The fraction of sp³-hybridized carbons (Fsp3) is 0.438. The molecule has 1 aromatic carbocycles. The number of unbranched alkanes of at least 4 members (excludes halogenated alkanes) is 3. The van der Waals surface area contributed by atoms with Crippen LogP contribution in [0.25, 0.3) is 10.6 Å². The lowest BCUT2D eigenvalue weighted by Gasteiger charge is -2.02. The van der Waals surface area contributed by atoms with Crippen molar-refractivity contribution in [3.8, 4) is 10.6 Å². The van der Waals surface area contributed by atoms with E-state index < -0.39 is 0 Å². The monoisotopic (exact) mass is 318 g/mol. The molecule has 3 N–H and O–H groups in total. The van der Waals surface area contributed by atoms with E-state index in [1.807, 2.05) is 30.3 Å². The molecule has 2 rings (SSSR count). The molecule has 0 unspecified atom stereocenters. The number of benzene rings is 1. The summed E-state index contributed by atoms with van der Waals surface area (Å²) in [5.74, 6) is 0.0733. The highest BCUT2D eigenvalue weighted by molar-refractivity contribution is 7.14. The van der Waals surface area contributed by atoms with Crippen LogP contribution in [0.2, 0.25) is 0 Å². The van der Waals surface area contributed by atoms with Gasteiger partial charge >= 0.3 is 0 Å². The molecule has 0 saturated carbocycles. The van der Waals surface area contributed by atoms with Crippen LogP contribution in [0.1, 0.15) is 37.1 Å². The van der Waals surface area contributed by atoms with Crippen LogP contribution in [0, 0.1) is 0 Å². The molecule has 1 amide bonds. The van der Waals surface area contributed by atoms with Crippen molar-refractivity contribution in [1.29, 1.82) is 0 Å². The van der Waals surface area contributed by atoms with Crippen LogP contribution in [0.3, 0.4) is 0 Å². The maximum absolute atomic E-state index is 11.7. The summed E-state index contributed by atoms with van der Waals surface area (Å²) in [7, 11) is 0. The Kier molecular flexibility index (Phi) is 6.99. The van der Waals surface area contributed by atoms with Crippen molar-refractivity contribution in [1.82, 2.24) is 15.5 Å². The number of carbonyl (C=O) groups is 1. The van der Waals surface area contributed by atoms with Gasteiger partial charge in [-0.15, -0.1) is 10.2 Å². The maximum Gasteiger partial charge on any atom is 0.220 e. The molecular weight excluding hydrogens is 296 g/mol. The lowest BCUT2D eigenvalue weighted by Crippen LogP contribution is -2.22. The zero-order valence-electron chi connectivity index (χ0n) is 12.6. The molecule has 0 aliphatic carbocycles. The van der Waals surface area contributed by atoms with E-state index in [1.54, 1.807) is 0 Å². The summed E-state index contributed by atoms with van der Waals surface area (Å²) in [5.41, 5.74) is 6.49. The second-order valence-electron chi connectivity index (χ2n) is 5.10. The summed E-state index contributed by atoms with van der Waals surface area (Å²) in [4.78, 5) is 11.7. The number of carbonyl (C=O) groups excluding carboxylic acids is 1. The molecule has 0 aliphatic heterocycles. The third kappa shape index (κ3) is 5.54. The zero-order chi connectivity index (χ0) is 15.6. The summed E-state index contributed by atoms with van der Waals surface area (Å²) in [6, 6.07) is 9.93. The number of nitrogens with two attached hydrogens (primary N) is 1. The molecule has 0 aliphatic rings. The Morgan fingerprint density at radius 1 is 1.09 bits per heavy atom. The van der Waals surface area contributed by atoms with E-state index in [1.165, 1.54) is 11.3 Å². The summed E-state index contributed by atoms with van der Waals surface area (Å²) >= 11 is 1.51. The Labute approximate surface area is 135 Å². The smallest absolute Gasteiger partial charge is 0.220 e. The summed E-state index contributed by atoms with van der Waals surface area (Å²) < 4.78 is 0. The van der Waals surface area contributed by atoms with Gasteiger partial charge in [-0.2, -0.15) is 0 Å². The van der Waals surface area contributed by atoms with Crippen LogP contribution in [0.15, 0.2) is 30.3 Å². The molecule has 1 heterocycles. The van der Waals surface area contributed by atoms with Gasteiger partial charge in [-0.1, -0.05) is 54.5 Å². The van der Waals surface area contributed by atoms with Crippen LogP contribution < -0.4 is 11.1 Å². The normalized spacial score (nSPS) is 10.6. The second-order valence-corrected chi connectivity index (χ2v) is 6.16. The van der Waals surface area contributed by atoms with Gasteiger partial charge in [-0.3, -0.25) is 4.79 Å². The molecule has 2 aromatic rings. The number of nitrogens with one attached hydrogen (secondary N) is 1. The van der Waals surface area contributed by atoms with Gasteiger partial charge in [-0.25, -0.2) is 0 Å². The van der Waals surface area contributed by atoms with Crippen molar-refractivity contribution < 1.29 is 4.79 Å². The average molecular weight is 318 g/mol. The minimum atomic E-state index is 0.0733. The molecule has 0 saturated heterocycles. The first kappa shape index (κ1) is 16.6. The van der Waals surface area contributed by atoms with Gasteiger partial charge in [0.2, 0.25) is 5.91 Å². The van der Waals surface area contributed by atoms with Crippen LogP contribution in [0.5, 0.6) is 0 Å². The van der Waals surface area contributed by atoms with E-state index in [0.29, 0.717) is 13.0 Å². The molecule has 22 heavy (non-hydrogen) atoms. The zero-order valence-corrected chi connectivity index (χ0v) is 13.4. The first-order valence-corrected chi connectivity index (χ1v) is 8.46. The summed E-state index contributed by atoms with van der Waals surface area (Å²) in [6.45, 7) is 1.18. The molecule has 0 bridgehead atoms. The van der Waals surface area contributed by atoms with E-state index in [4.69, 9.17) is 5.73 Å². The fourth-order valence-corrected chi connectivity index (χ4v) is 2.85. The van der Waals surface area contributed by atoms with E-state index in [-0.39, 0.29) is 5.91 Å². The Balaban J connectivity index is 1.71. The van der Waals surface area contributed by atoms with Gasteiger partial charge in [-0.05, 0) is 19.4 Å². The third-order valence-electron chi connectivity index (χ3n) is 3.28.